The normalized spacial score (nSPS) is 17.8. The summed E-state index contributed by atoms with van der Waals surface area (Å²) in [5.41, 5.74) is -0.868. The summed E-state index contributed by atoms with van der Waals surface area (Å²) in [5.74, 6) is 0.692. The third kappa shape index (κ3) is 3.94. The molecular formula is C13H20N2O5. The van der Waals surface area contributed by atoms with E-state index in [0.717, 1.165) is 0 Å². The van der Waals surface area contributed by atoms with E-state index in [1.165, 1.54) is 4.90 Å². The van der Waals surface area contributed by atoms with Crippen molar-refractivity contribution < 1.29 is 23.9 Å². The van der Waals surface area contributed by atoms with E-state index in [1.807, 2.05) is 0 Å². The number of aromatic nitrogens is 1. The van der Waals surface area contributed by atoms with Crippen molar-refractivity contribution in [3.05, 3.63) is 11.8 Å². The fourth-order valence-corrected chi connectivity index (χ4v) is 2.10. The van der Waals surface area contributed by atoms with Crippen LogP contribution in [0.25, 0.3) is 0 Å². The second kappa shape index (κ2) is 6.23. The number of nitrogens with zero attached hydrogens (tertiary/aromatic N) is 2. The maximum Gasteiger partial charge on any atom is 0.260 e. The van der Waals surface area contributed by atoms with Gasteiger partial charge in [-0.25, -0.2) is 0 Å². The minimum Gasteiger partial charge on any atom is -0.465 e. The zero-order chi connectivity index (χ0) is 14.6. The highest BCUT2D eigenvalue weighted by atomic mass is 16.5. The van der Waals surface area contributed by atoms with Gasteiger partial charge in [-0.1, -0.05) is 0 Å². The summed E-state index contributed by atoms with van der Waals surface area (Å²) in [4.78, 5) is 13.4. The van der Waals surface area contributed by atoms with Gasteiger partial charge in [0.2, 0.25) is 0 Å². The lowest BCUT2D eigenvalue weighted by atomic mass is 9.94. The number of amides is 1. The lowest BCUT2D eigenvalue weighted by Gasteiger charge is -2.35. The minimum atomic E-state index is -0.868. The SMILES string of the molecule is Cc1cc(OCC(=O)N(C)CC2(O)CCOCC2)no1. The molecule has 0 bridgehead atoms. The third-order valence-electron chi connectivity index (χ3n) is 3.33. The molecular weight excluding hydrogens is 264 g/mol. The lowest BCUT2D eigenvalue weighted by Crippen LogP contribution is -2.48. The number of hydrogen-bond donors (Lipinski definition) is 1. The molecule has 1 fully saturated rings. The lowest BCUT2D eigenvalue weighted by molar-refractivity contribution is -0.138. The van der Waals surface area contributed by atoms with Crippen molar-refractivity contribution in [2.75, 3.05) is 33.4 Å². The van der Waals surface area contributed by atoms with Crippen LogP contribution in [-0.2, 0) is 9.53 Å². The maximum absolute atomic E-state index is 11.9. The maximum atomic E-state index is 11.9. The van der Waals surface area contributed by atoms with Gasteiger partial charge < -0.3 is 24.0 Å². The molecule has 7 heteroatoms. The molecule has 20 heavy (non-hydrogen) atoms. The van der Waals surface area contributed by atoms with Crippen LogP contribution >= 0.6 is 0 Å². The fraction of sp³-hybridized carbons (Fsp3) is 0.692. The second-order valence-electron chi connectivity index (χ2n) is 5.15. The van der Waals surface area contributed by atoms with E-state index in [4.69, 9.17) is 14.0 Å². The largest absolute Gasteiger partial charge is 0.465 e. The Kier molecular flexibility index (Phi) is 4.61. The number of ether oxygens (including phenoxy) is 2. The molecule has 0 spiro atoms. The molecule has 0 saturated carbocycles. The highest BCUT2D eigenvalue weighted by Crippen LogP contribution is 2.21. The Balaban J connectivity index is 1.79. The Hall–Kier alpha value is -1.60. The summed E-state index contributed by atoms with van der Waals surface area (Å²) in [6, 6.07) is 1.61. The van der Waals surface area contributed by atoms with Gasteiger partial charge in [0.05, 0.1) is 5.60 Å². The van der Waals surface area contributed by atoms with Crippen LogP contribution in [0.2, 0.25) is 0 Å². The van der Waals surface area contributed by atoms with Gasteiger partial charge in [-0.3, -0.25) is 4.79 Å². The Bertz CT molecular complexity index is 453. The van der Waals surface area contributed by atoms with Gasteiger partial charge in [-0.05, 0) is 12.1 Å². The molecule has 7 nitrogen and oxygen atoms in total. The summed E-state index contributed by atoms with van der Waals surface area (Å²) in [5, 5.41) is 14.0. The third-order valence-corrected chi connectivity index (χ3v) is 3.33. The van der Waals surface area contributed by atoms with Gasteiger partial charge >= 0.3 is 0 Å². The van der Waals surface area contributed by atoms with Crippen molar-refractivity contribution in [3.8, 4) is 5.88 Å². The van der Waals surface area contributed by atoms with Crippen molar-refractivity contribution in [2.24, 2.45) is 0 Å². The number of likely N-dealkylation sites (N-methyl/N-ethyl adjacent to an activating group) is 1. The Labute approximate surface area is 117 Å². The van der Waals surface area contributed by atoms with Gasteiger partial charge in [-0.15, -0.1) is 0 Å². The Morgan fingerprint density at radius 3 is 2.85 bits per heavy atom. The highest BCUT2D eigenvalue weighted by molar-refractivity contribution is 5.77. The van der Waals surface area contributed by atoms with Crippen LogP contribution in [0.1, 0.15) is 18.6 Å². The molecule has 1 saturated heterocycles. The van der Waals surface area contributed by atoms with E-state index < -0.39 is 5.60 Å². The van der Waals surface area contributed by atoms with Crippen molar-refractivity contribution in [1.29, 1.82) is 0 Å². The first-order valence-electron chi connectivity index (χ1n) is 6.59. The van der Waals surface area contributed by atoms with E-state index in [1.54, 1.807) is 20.0 Å². The summed E-state index contributed by atoms with van der Waals surface area (Å²) in [7, 11) is 1.65. The second-order valence-corrected chi connectivity index (χ2v) is 5.15. The average Bonchev–Trinajstić information content (AvgIpc) is 2.82. The zero-order valence-electron chi connectivity index (χ0n) is 11.8. The molecule has 112 valence electrons. The number of carbonyl (C=O) groups excluding carboxylic acids is 1. The van der Waals surface area contributed by atoms with Gasteiger partial charge in [0, 0.05) is 45.7 Å². The number of aliphatic hydroxyl groups is 1. The molecule has 2 rings (SSSR count). The molecule has 1 N–H and O–H groups in total. The van der Waals surface area contributed by atoms with E-state index in [2.05, 4.69) is 5.16 Å². The molecule has 1 aromatic heterocycles. The quantitative estimate of drug-likeness (QED) is 0.840. The van der Waals surface area contributed by atoms with E-state index in [9.17, 15) is 9.90 Å². The topological polar surface area (TPSA) is 85.0 Å². The molecule has 1 aliphatic rings. The van der Waals surface area contributed by atoms with Gasteiger partial charge in [0.15, 0.2) is 6.61 Å². The van der Waals surface area contributed by atoms with E-state index >= 15 is 0 Å². The molecule has 2 heterocycles. The average molecular weight is 284 g/mol. The van der Waals surface area contributed by atoms with Crippen LogP contribution in [0.3, 0.4) is 0 Å². The summed E-state index contributed by atoms with van der Waals surface area (Å²) in [6.07, 6.45) is 1.07. The monoisotopic (exact) mass is 284 g/mol. The predicted molar refractivity (Wildman–Crippen MR) is 69.4 cm³/mol. The first kappa shape index (κ1) is 14.8. The zero-order valence-corrected chi connectivity index (χ0v) is 11.8. The predicted octanol–water partition coefficient (Wildman–Crippen LogP) is 0.362. The van der Waals surface area contributed by atoms with Crippen LogP contribution in [-0.4, -0.2) is 60.1 Å². The number of aryl methyl sites for hydroxylation is 1. The summed E-state index contributed by atoms with van der Waals surface area (Å²) >= 11 is 0. The molecule has 1 aromatic rings. The molecule has 1 amide bonds. The van der Waals surface area contributed by atoms with Gasteiger partial charge in [0.1, 0.15) is 5.76 Å². The van der Waals surface area contributed by atoms with Crippen molar-refractivity contribution in [1.82, 2.24) is 10.1 Å². The molecule has 0 radical (unpaired) electrons. The highest BCUT2D eigenvalue weighted by Gasteiger charge is 2.32. The first-order chi connectivity index (χ1) is 9.48. The standard InChI is InChI=1S/C13H20N2O5/c1-10-7-11(14-20-10)19-8-12(16)15(2)9-13(17)3-5-18-6-4-13/h7,17H,3-6,8-9H2,1-2H3. The van der Waals surface area contributed by atoms with Gasteiger partial charge in [-0.2, -0.15) is 0 Å². The number of hydrogen-bond acceptors (Lipinski definition) is 6. The van der Waals surface area contributed by atoms with Crippen molar-refractivity contribution in [2.45, 2.75) is 25.4 Å². The van der Waals surface area contributed by atoms with E-state index in [0.29, 0.717) is 31.8 Å². The first-order valence-corrected chi connectivity index (χ1v) is 6.59. The summed E-state index contributed by atoms with van der Waals surface area (Å²) in [6.45, 7) is 2.93. The van der Waals surface area contributed by atoms with Crippen LogP contribution in [0.5, 0.6) is 5.88 Å². The summed E-state index contributed by atoms with van der Waals surface area (Å²) < 4.78 is 15.3. The van der Waals surface area contributed by atoms with Crippen LogP contribution in [0.4, 0.5) is 0 Å². The number of rotatable bonds is 5. The molecule has 0 atom stereocenters. The molecule has 1 aliphatic heterocycles. The van der Waals surface area contributed by atoms with Crippen molar-refractivity contribution >= 4 is 5.91 Å². The molecule has 0 aromatic carbocycles. The van der Waals surface area contributed by atoms with E-state index in [-0.39, 0.29) is 24.9 Å². The molecule has 0 unspecified atom stereocenters. The van der Waals surface area contributed by atoms with Gasteiger partial charge in [0.25, 0.3) is 11.8 Å². The Morgan fingerprint density at radius 2 is 2.25 bits per heavy atom. The van der Waals surface area contributed by atoms with Crippen LogP contribution in [0, 0.1) is 6.92 Å². The minimum absolute atomic E-state index is 0.130. The smallest absolute Gasteiger partial charge is 0.260 e. The fourth-order valence-electron chi connectivity index (χ4n) is 2.10. The molecule has 0 aliphatic carbocycles. The number of carbonyl (C=O) groups is 1. The van der Waals surface area contributed by atoms with Crippen molar-refractivity contribution in [3.63, 3.8) is 0 Å². The van der Waals surface area contributed by atoms with Crippen LogP contribution < -0.4 is 4.74 Å². The Morgan fingerprint density at radius 1 is 1.55 bits per heavy atom. The van der Waals surface area contributed by atoms with Crippen LogP contribution in [0.15, 0.2) is 10.6 Å².